The topological polar surface area (TPSA) is 101 Å². The van der Waals surface area contributed by atoms with Crippen LogP contribution in [0.1, 0.15) is 50.2 Å². The Morgan fingerprint density at radius 1 is 1.29 bits per heavy atom. The molecule has 208 valence electrons. The molecule has 1 aliphatic rings. The summed E-state index contributed by atoms with van der Waals surface area (Å²) in [4.78, 5) is 43.2. The summed E-state index contributed by atoms with van der Waals surface area (Å²) in [6.45, 7) is 10.0. The molecule has 38 heavy (non-hydrogen) atoms. The van der Waals surface area contributed by atoms with Crippen LogP contribution in [-0.4, -0.2) is 76.5 Å². The van der Waals surface area contributed by atoms with Crippen LogP contribution in [0.4, 0.5) is 0 Å². The van der Waals surface area contributed by atoms with Crippen LogP contribution in [0.5, 0.6) is 0 Å². The third-order valence-electron chi connectivity index (χ3n) is 5.27. The molecular weight excluding hydrogens is 571 g/mol. The molecule has 1 aromatic carbocycles. The first-order valence-corrected chi connectivity index (χ1v) is 14.5. The van der Waals surface area contributed by atoms with Crippen LogP contribution in [0.25, 0.3) is 0 Å². The van der Waals surface area contributed by atoms with E-state index in [2.05, 4.69) is 15.2 Å². The molecule has 0 aliphatic carbocycles. The number of carbonyl (C=O) groups is 3. The highest BCUT2D eigenvalue weighted by atomic mass is 35.5. The van der Waals surface area contributed by atoms with Crippen molar-refractivity contribution in [1.29, 1.82) is 0 Å². The molecule has 1 aromatic heterocycles. The van der Waals surface area contributed by atoms with Crippen LogP contribution in [0.3, 0.4) is 0 Å². The summed E-state index contributed by atoms with van der Waals surface area (Å²) in [6.07, 6.45) is -0.116. The molecule has 0 saturated carbocycles. The van der Waals surface area contributed by atoms with E-state index in [-0.39, 0.29) is 42.5 Å². The molecule has 1 saturated heterocycles. The molecule has 9 nitrogen and oxygen atoms in total. The lowest BCUT2D eigenvalue weighted by atomic mass is 10.2. The Morgan fingerprint density at radius 2 is 2.05 bits per heavy atom. The Hall–Kier alpha value is -1.89. The molecule has 1 atom stereocenters. The lowest BCUT2D eigenvalue weighted by Gasteiger charge is -2.35. The van der Waals surface area contributed by atoms with Gasteiger partial charge in [0.25, 0.3) is 5.91 Å². The fourth-order valence-electron chi connectivity index (χ4n) is 3.60. The molecule has 2 aromatic rings. The molecule has 1 fully saturated rings. The van der Waals surface area contributed by atoms with Crippen LogP contribution >= 0.6 is 46.5 Å². The number of hydrogen-bond acceptors (Lipinski definition) is 9. The first-order valence-electron chi connectivity index (χ1n) is 12.1. The molecule has 0 bridgehead atoms. The van der Waals surface area contributed by atoms with Crippen molar-refractivity contribution in [3.8, 4) is 0 Å². The lowest BCUT2D eigenvalue weighted by Crippen LogP contribution is -2.46. The second-order valence-electron chi connectivity index (χ2n) is 9.74. The molecule has 2 heterocycles. The van der Waals surface area contributed by atoms with Gasteiger partial charge < -0.3 is 14.8 Å². The number of hydrogen-bond donors (Lipinski definition) is 1. The van der Waals surface area contributed by atoms with E-state index in [9.17, 15) is 14.4 Å². The minimum absolute atomic E-state index is 0.0658. The van der Waals surface area contributed by atoms with Crippen molar-refractivity contribution in [2.24, 2.45) is 0 Å². The Balaban J connectivity index is 1.50. The summed E-state index contributed by atoms with van der Waals surface area (Å²) in [7, 11) is 0. The van der Waals surface area contributed by atoms with Crippen molar-refractivity contribution >= 4 is 64.3 Å². The van der Waals surface area contributed by atoms with Gasteiger partial charge in [0.2, 0.25) is 5.91 Å². The van der Waals surface area contributed by atoms with E-state index in [1.807, 2.05) is 12.1 Å². The van der Waals surface area contributed by atoms with Gasteiger partial charge in [-0.05, 0) is 38.5 Å². The van der Waals surface area contributed by atoms with Crippen molar-refractivity contribution in [3.63, 3.8) is 0 Å². The minimum Gasteiger partial charge on any atom is -0.460 e. The number of nitrogens with one attached hydrogen (secondary N) is 1. The van der Waals surface area contributed by atoms with E-state index >= 15 is 0 Å². The summed E-state index contributed by atoms with van der Waals surface area (Å²) >= 11 is 14.6. The van der Waals surface area contributed by atoms with Crippen LogP contribution in [0, 0.1) is 0 Å². The Labute approximate surface area is 241 Å². The average Bonchev–Trinajstić information content (AvgIpc) is 3.29. The number of amides is 2. The second kappa shape index (κ2) is 14.0. The van der Waals surface area contributed by atoms with Crippen molar-refractivity contribution in [3.05, 3.63) is 44.9 Å². The molecule has 2 amide bonds. The molecule has 3 rings (SSSR count). The summed E-state index contributed by atoms with van der Waals surface area (Å²) < 4.78 is 13.3. The first kappa shape index (κ1) is 30.6. The summed E-state index contributed by atoms with van der Waals surface area (Å²) in [5.74, 6) is -0.914. The second-order valence-corrected chi connectivity index (χ2v) is 12.7. The van der Waals surface area contributed by atoms with E-state index in [1.165, 1.54) is 30.2 Å². The van der Waals surface area contributed by atoms with E-state index in [0.29, 0.717) is 40.6 Å². The summed E-state index contributed by atoms with van der Waals surface area (Å²) in [5, 5.41) is 5.34. The minimum atomic E-state index is -0.573. The highest BCUT2D eigenvalue weighted by molar-refractivity contribution is 7.99. The Kier molecular flexibility index (Phi) is 11.3. The average molecular weight is 604 g/mol. The third-order valence-corrected chi connectivity index (χ3v) is 8.03. The molecule has 0 unspecified atom stereocenters. The standard InChI is InChI=1S/C25H32Cl2N4O5S2/c1-16(32)31(14-18-13-30(9-10-35-18)12-17-5-6-19(26)20(27)11-17)38-24-29-21(15-37-24)23(34)28-8-7-22(33)36-25(2,3)4/h5-6,11,15,18H,7-10,12-14H2,1-4H3,(H,28,34)/t18-/m0/s1. The number of benzene rings is 1. The van der Waals surface area contributed by atoms with Gasteiger partial charge in [0.1, 0.15) is 11.3 Å². The van der Waals surface area contributed by atoms with Gasteiger partial charge in [0.05, 0.1) is 35.7 Å². The number of esters is 1. The molecule has 0 spiro atoms. The predicted octanol–water partition coefficient (Wildman–Crippen LogP) is 4.67. The maximum absolute atomic E-state index is 12.4. The quantitative estimate of drug-likeness (QED) is 0.309. The monoisotopic (exact) mass is 602 g/mol. The Morgan fingerprint density at radius 3 is 2.74 bits per heavy atom. The summed E-state index contributed by atoms with van der Waals surface area (Å²) in [5.41, 5.74) is 0.709. The van der Waals surface area contributed by atoms with E-state index < -0.39 is 5.60 Å². The smallest absolute Gasteiger partial charge is 0.308 e. The molecule has 0 radical (unpaired) electrons. The van der Waals surface area contributed by atoms with Gasteiger partial charge in [-0.2, -0.15) is 0 Å². The molecule has 1 N–H and O–H groups in total. The molecule has 13 heteroatoms. The van der Waals surface area contributed by atoms with Crippen molar-refractivity contribution in [1.82, 2.24) is 19.5 Å². The lowest BCUT2D eigenvalue weighted by molar-refractivity contribution is -0.154. The number of rotatable bonds is 10. The van der Waals surface area contributed by atoms with Crippen molar-refractivity contribution in [2.75, 3.05) is 32.8 Å². The zero-order chi connectivity index (χ0) is 27.9. The van der Waals surface area contributed by atoms with Crippen molar-refractivity contribution < 1.29 is 23.9 Å². The van der Waals surface area contributed by atoms with Gasteiger partial charge in [-0.15, -0.1) is 11.3 Å². The van der Waals surface area contributed by atoms with Crippen LogP contribution in [0.15, 0.2) is 27.9 Å². The molecular formula is C25H32Cl2N4O5S2. The number of thiazole rings is 1. The van der Waals surface area contributed by atoms with Crippen molar-refractivity contribution in [2.45, 2.75) is 56.7 Å². The predicted molar refractivity (Wildman–Crippen MR) is 150 cm³/mol. The molecule has 1 aliphatic heterocycles. The van der Waals surface area contributed by atoms with E-state index in [0.717, 1.165) is 12.1 Å². The largest absolute Gasteiger partial charge is 0.460 e. The third kappa shape index (κ3) is 10.0. The Bertz CT molecular complexity index is 1140. The maximum Gasteiger partial charge on any atom is 0.308 e. The van der Waals surface area contributed by atoms with Gasteiger partial charge in [-0.1, -0.05) is 29.3 Å². The number of ether oxygens (including phenoxy) is 2. The number of halogens is 2. The van der Waals surface area contributed by atoms with Gasteiger partial charge >= 0.3 is 5.97 Å². The zero-order valence-corrected chi connectivity index (χ0v) is 24.9. The van der Waals surface area contributed by atoms with Gasteiger partial charge in [0, 0.05) is 50.4 Å². The van der Waals surface area contributed by atoms with Gasteiger partial charge in [0.15, 0.2) is 4.34 Å². The highest BCUT2D eigenvalue weighted by Gasteiger charge is 2.26. The van der Waals surface area contributed by atoms with E-state index in [4.69, 9.17) is 32.7 Å². The number of morpholine rings is 1. The van der Waals surface area contributed by atoms with Crippen LogP contribution in [-0.2, 0) is 25.6 Å². The fraction of sp³-hybridized carbons (Fsp3) is 0.520. The number of nitrogens with zero attached hydrogens (tertiary/aromatic N) is 3. The maximum atomic E-state index is 12.4. The number of aromatic nitrogens is 1. The summed E-state index contributed by atoms with van der Waals surface area (Å²) in [6, 6.07) is 5.60. The number of carbonyl (C=O) groups excluding carboxylic acids is 3. The first-order chi connectivity index (χ1) is 17.9. The fourth-order valence-corrected chi connectivity index (χ4v) is 5.73. The zero-order valence-electron chi connectivity index (χ0n) is 21.8. The van der Waals surface area contributed by atoms with Gasteiger partial charge in [-0.3, -0.25) is 23.6 Å². The van der Waals surface area contributed by atoms with Crippen LogP contribution < -0.4 is 5.32 Å². The van der Waals surface area contributed by atoms with Crippen LogP contribution in [0.2, 0.25) is 10.0 Å². The van der Waals surface area contributed by atoms with Gasteiger partial charge in [-0.25, -0.2) is 4.98 Å². The highest BCUT2D eigenvalue weighted by Crippen LogP contribution is 2.28. The SMILES string of the molecule is CC(=O)N(C[C@@H]1CN(Cc2ccc(Cl)c(Cl)c2)CCO1)Sc1nc(C(=O)NCCC(=O)OC(C)(C)C)cs1. The van der Waals surface area contributed by atoms with E-state index in [1.54, 1.807) is 36.5 Å². The normalized spacial score (nSPS) is 16.2.